The molecular formula is C17H16Cl2N4O4. The third-order valence-electron chi connectivity index (χ3n) is 3.35. The zero-order chi connectivity index (χ0) is 20.0. The summed E-state index contributed by atoms with van der Waals surface area (Å²) >= 11 is 11.7. The van der Waals surface area contributed by atoms with Crippen LogP contribution in [0.1, 0.15) is 5.56 Å². The summed E-state index contributed by atoms with van der Waals surface area (Å²) in [7, 11) is 3.58. The number of nitrogens with zero attached hydrogens (tertiary/aromatic N) is 3. The highest BCUT2D eigenvalue weighted by Crippen LogP contribution is 2.27. The van der Waals surface area contributed by atoms with Crippen molar-refractivity contribution in [3.8, 4) is 5.75 Å². The minimum absolute atomic E-state index is 0.0749. The molecular weight excluding hydrogens is 395 g/mol. The lowest BCUT2D eigenvalue weighted by molar-refractivity contribution is -0.384. The van der Waals surface area contributed by atoms with E-state index < -0.39 is 10.8 Å². The van der Waals surface area contributed by atoms with E-state index in [-0.39, 0.29) is 17.3 Å². The molecule has 2 rings (SSSR count). The van der Waals surface area contributed by atoms with Gasteiger partial charge in [-0.2, -0.15) is 5.10 Å². The number of hydrazone groups is 1. The zero-order valence-electron chi connectivity index (χ0n) is 14.5. The highest BCUT2D eigenvalue weighted by atomic mass is 35.5. The molecule has 0 aliphatic heterocycles. The second kappa shape index (κ2) is 9.20. The van der Waals surface area contributed by atoms with Crippen LogP contribution in [0.5, 0.6) is 5.75 Å². The molecule has 0 saturated carbocycles. The molecule has 0 radical (unpaired) electrons. The average molecular weight is 411 g/mol. The Morgan fingerprint density at radius 1 is 1.30 bits per heavy atom. The van der Waals surface area contributed by atoms with Gasteiger partial charge >= 0.3 is 0 Å². The first-order chi connectivity index (χ1) is 12.8. The molecule has 0 fully saturated rings. The molecule has 0 spiro atoms. The predicted molar refractivity (Wildman–Crippen MR) is 105 cm³/mol. The van der Waals surface area contributed by atoms with Crippen LogP contribution in [-0.2, 0) is 4.79 Å². The maximum Gasteiger partial charge on any atom is 0.277 e. The second-order valence-electron chi connectivity index (χ2n) is 5.55. The molecule has 0 aliphatic carbocycles. The topological polar surface area (TPSA) is 97.1 Å². The summed E-state index contributed by atoms with van der Waals surface area (Å²) < 4.78 is 5.29. The highest BCUT2D eigenvalue weighted by molar-refractivity contribution is 6.35. The van der Waals surface area contributed by atoms with Crippen LogP contribution in [0.3, 0.4) is 0 Å². The number of non-ortho nitro benzene ring substituents is 1. The van der Waals surface area contributed by atoms with Crippen LogP contribution >= 0.6 is 23.2 Å². The standard InChI is InChI=1S/C17H16Cl2N4O4/c1-22(2)15-5-4-13(23(25)26)7-11(15)9-20-21-17(24)10-27-16-6-3-12(18)8-14(16)19/h3-9H,10H2,1-2H3,(H,21,24)/b20-9+. The Bertz CT molecular complexity index is 887. The number of nitro benzene ring substituents is 1. The molecule has 0 unspecified atom stereocenters. The van der Waals surface area contributed by atoms with Crippen molar-refractivity contribution in [2.75, 3.05) is 25.6 Å². The van der Waals surface area contributed by atoms with Crippen molar-refractivity contribution in [2.24, 2.45) is 5.10 Å². The number of hydrogen-bond acceptors (Lipinski definition) is 6. The molecule has 0 aliphatic rings. The molecule has 0 bridgehead atoms. The summed E-state index contributed by atoms with van der Waals surface area (Å²) in [6, 6.07) is 9.01. The molecule has 0 atom stereocenters. The quantitative estimate of drug-likeness (QED) is 0.427. The molecule has 0 aromatic heterocycles. The van der Waals surface area contributed by atoms with Crippen molar-refractivity contribution < 1.29 is 14.5 Å². The summed E-state index contributed by atoms with van der Waals surface area (Å²) in [6.07, 6.45) is 1.33. The third-order valence-corrected chi connectivity index (χ3v) is 3.88. The zero-order valence-corrected chi connectivity index (χ0v) is 16.0. The maximum atomic E-state index is 11.8. The van der Waals surface area contributed by atoms with E-state index in [0.717, 1.165) is 0 Å². The van der Waals surface area contributed by atoms with Gasteiger partial charge in [-0.1, -0.05) is 23.2 Å². The molecule has 1 amide bonds. The number of benzene rings is 2. The second-order valence-corrected chi connectivity index (χ2v) is 6.39. The smallest absolute Gasteiger partial charge is 0.277 e. The van der Waals surface area contributed by atoms with Crippen LogP contribution in [0.15, 0.2) is 41.5 Å². The van der Waals surface area contributed by atoms with Gasteiger partial charge in [-0.05, 0) is 24.3 Å². The minimum Gasteiger partial charge on any atom is -0.482 e. The molecule has 8 nitrogen and oxygen atoms in total. The van der Waals surface area contributed by atoms with Crippen molar-refractivity contribution >= 4 is 46.7 Å². The fraction of sp³-hybridized carbons (Fsp3) is 0.176. The third kappa shape index (κ3) is 5.83. The summed E-state index contributed by atoms with van der Waals surface area (Å²) in [6.45, 7) is -0.311. The highest BCUT2D eigenvalue weighted by Gasteiger charge is 2.11. The van der Waals surface area contributed by atoms with E-state index >= 15 is 0 Å². The van der Waals surface area contributed by atoms with Crippen LogP contribution in [0.2, 0.25) is 10.0 Å². The molecule has 27 heavy (non-hydrogen) atoms. The van der Waals surface area contributed by atoms with Gasteiger partial charge in [-0.25, -0.2) is 5.43 Å². The molecule has 2 aromatic rings. The predicted octanol–water partition coefficient (Wildman–Crippen LogP) is 3.50. The number of carbonyl (C=O) groups is 1. The molecule has 1 N–H and O–H groups in total. The summed E-state index contributed by atoms with van der Waals surface area (Å²) in [5.74, 6) is -0.206. The summed E-state index contributed by atoms with van der Waals surface area (Å²) in [5.41, 5.74) is 3.41. The Kier molecular flexibility index (Phi) is 6.98. The van der Waals surface area contributed by atoms with Crippen molar-refractivity contribution in [3.05, 3.63) is 62.1 Å². The first-order valence-electron chi connectivity index (χ1n) is 7.63. The van der Waals surface area contributed by atoms with Gasteiger partial charge in [-0.3, -0.25) is 14.9 Å². The van der Waals surface area contributed by atoms with Crippen LogP contribution in [0, 0.1) is 10.1 Å². The van der Waals surface area contributed by atoms with E-state index in [9.17, 15) is 14.9 Å². The minimum atomic E-state index is -0.519. The van der Waals surface area contributed by atoms with Gasteiger partial charge in [0, 0.05) is 42.5 Å². The van der Waals surface area contributed by atoms with Gasteiger partial charge in [0.15, 0.2) is 6.61 Å². The van der Waals surface area contributed by atoms with Crippen molar-refractivity contribution in [3.63, 3.8) is 0 Å². The lowest BCUT2D eigenvalue weighted by Crippen LogP contribution is -2.24. The summed E-state index contributed by atoms with van der Waals surface area (Å²) in [4.78, 5) is 24.0. The van der Waals surface area contributed by atoms with Crippen molar-refractivity contribution in [2.45, 2.75) is 0 Å². The van der Waals surface area contributed by atoms with Gasteiger partial charge in [0.1, 0.15) is 5.75 Å². The Morgan fingerprint density at radius 3 is 2.67 bits per heavy atom. The first kappa shape index (κ1) is 20.5. The number of amides is 1. The van der Waals surface area contributed by atoms with E-state index in [4.69, 9.17) is 27.9 Å². The summed E-state index contributed by atoms with van der Waals surface area (Å²) in [5, 5.41) is 15.5. The molecule has 142 valence electrons. The number of rotatable bonds is 7. The van der Waals surface area contributed by atoms with Crippen LogP contribution < -0.4 is 15.1 Å². The monoisotopic (exact) mass is 410 g/mol. The van der Waals surface area contributed by atoms with Crippen LogP contribution in [0.4, 0.5) is 11.4 Å². The average Bonchev–Trinajstić information content (AvgIpc) is 2.60. The lowest BCUT2D eigenvalue weighted by Gasteiger charge is -2.14. The van der Waals surface area contributed by atoms with E-state index in [1.54, 1.807) is 37.2 Å². The normalized spacial score (nSPS) is 10.7. The van der Waals surface area contributed by atoms with Gasteiger partial charge in [0.25, 0.3) is 11.6 Å². The first-order valence-corrected chi connectivity index (χ1v) is 8.39. The SMILES string of the molecule is CN(C)c1ccc([N+](=O)[O-])cc1/C=N/NC(=O)COc1ccc(Cl)cc1Cl. The molecule has 0 saturated heterocycles. The lowest BCUT2D eigenvalue weighted by atomic mass is 10.1. The van der Waals surface area contributed by atoms with E-state index in [1.165, 1.54) is 24.4 Å². The number of hydrogen-bond donors (Lipinski definition) is 1. The Morgan fingerprint density at radius 2 is 2.04 bits per heavy atom. The van der Waals surface area contributed by atoms with Crippen LogP contribution in [0.25, 0.3) is 0 Å². The van der Waals surface area contributed by atoms with Gasteiger partial charge in [0.05, 0.1) is 16.2 Å². The molecule has 0 heterocycles. The Balaban J connectivity index is 2.00. The fourth-order valence-electron chi connectivity index (χ4n) is 2.11. The van der Waals surface area contributed by atoms with E-state index in [0.29, 0.717) is 22.0 Å². The van der Waals surface area contributed by atoms with Gasteiger partial charge < -0.3 is 9.64 Å². The number of anilines is 1. The van der Waals surface area contributed by atoms with Crippen molar-refractivity contribution in [1.29, 1.82) is 0 Å². The Hall–Kier alpha value is -2.84. The van der Waals surface area contributed by atoms with Gasteiger partial charge in [-0.15, -0.1) is 0 Å². The number of ether oxygens (including phenoxy) is 1. The molecule has 2 aromatic carbocycles. The van der Waals surface area contributed by atoms with Gasteiger partial charge in [0.2, 0.25) is 0 Å². The molecule has 10 heteroatoms. The van der Waals surface area contributed by atoms with E-state index in [2.05, 4.69) is 10.5 Å². The Labute approximate surface area is 165 Å². The number of nitrogens with one attached hydrogen (secondary N) is 1. The number of nitro groups is 1. The fourth-order valence-corrected chi connectivity index (χ4v) is 2.57. The van der Waals surface area contributed by atoms with Crippen LogP contribution in [-0.4, -0.2) is 37.7 Å². The van der Waals surface area contributed by atoms with E-state index in [1.807, 2.05) is 0 Å². The maximum absolute atomic E-state index is 11.8. The number of halogens is 2. The largest absolute Gasteiger partial charge is 0.482 e. The number of carbonyl (C=O) groups excluding carboxylic acids is 1. The van der Waals surface area contributed by atoms with Crippen molar-refractivity contribution in [1.82, 2.24) is 5.43 Å².